The molecule has 1 spiro atoms. The van der Waals surface area contributed by atoms with Crippen molar-refractivity contribution in [3.8, 4) is 0 Å². The van der Waals surface area contributed by atoms with E-state index in [2.05, 4.69) is 19.9 Å². The van der Waals surface area contributed by atoms with Crippen LogP contribution in [0.25, 0.3) is 0 Å². The van der Waals surface area contributed by atoms with E-state index in [-0.39, 0.29) is 17.2 Å². The topological polar surface area (TPSA) is 124 Å². The highest BCUT2D eigenvalue weighted by atomic mass is 16.5. The van der Waals surface area contributed by atoms with Crippen molar-refractivity contribution in [2.24, 2.45) is 4.99 Å². The van der Waals surface area contributed by atoms with Crippen LogP contribution in [0.4, 0.5) is 11.5 Å². The molecule has 1 aromatic carbocycles. The second-order valence-electron chi connectivity index (χ2n) is 7.89. The minimum atomic E-state index is -0.255. The van der Waals surface area contributed by atoms with E-state index >= 15 is 0 Å². The Morgan fingerprint density at radius 1 is 1.33 bits per heavy atom. The lowest BCUT2D eigenvalue weighted by Crippen LogP contribution is -2.56. The molecule has 4 N–H and O–H groups in total. The Kier molecular flexibility index (Phi) is 5.59. The van der Waals surface area contributed by atoms with Gasteiger partial charge in [0.2, 0.25) is 0 Å². The SMILES string of the molecule is CN=CC(C=N)c1ccc(N)c(C(=N)c2cc(N3CCCC4(CCO4)C3)ncn2)c1. The van der Waals surface area contributed by atoms with Gasteiger partial charge in [0.05, 0.1) is 29.5 Å². The molecule has 4 rings (SSSR count). The van der Waals surface area contributed by atoms with Gasteiger partial charge in [-0.3, -0.25) is 10.4 Å². The summed E-state index contributed by atoms with van der Waals surface area (Å²) in [6.45, 7) is 2.58. The number of hydrogen-bond donors (Lipinski definition) is 3. The predicted octanol–water partition coefficient (Wildman–Crippen LogP) is 2.67. The number of nitrogens with zero attached hydrogens (tertiary/aromatic N) is 4. The number of aliphatic imine (C=N–C) groups is 1. The molecular weight excluding hydrogens is 378 g/mol. The Hall–Kier alpha value is -3.13. The Bertz CT molecular complexity index is 983. The van der Waals surface area contributed by atoms with Crippen molar-refractivity contribution < 1.29 is 4.74 Å². The van der Waals surface area contributed by atoms with Crippen LogP contribution >= 0.6 is 0 Å². The molecule has 2 unspecified atom stereocenters. The molecule has 2 aromatic rings. The number of hydrogen-bond acceptors (Lipinski definition) is 8. The highest BCUT2D eigenvalue weighted by molar-refractivity contribution is 6.13. The molecule has 2 saturated heterocycles. The maximum absolute atomic E-state index is 8.74. The highest BCUT2D eigenvalue weighted by Crippen LogP contribution is 2.36. The van der Waals surface area contributed by atoms with Gasteiger partial charge in [-0.2, -0.15) is 0 Å². The number of nitrogen functional groups attached to an aromatic ring is 1. The lowest BCUT2D eigenvalue weighted by Gasteiger charge is -2.48. The molecule has 1 aromatic heterocycles. The van der Waals surface area contributed by atoms with Gasteiger partial charge >= 0.3 is 0 Å². The molecule has 0 amide bonds. The van der Waals surface area contributed by atoms with Crippen LogP contribution in [-0.2, 0) is 4.74 Å². The van der Waals surface area contributed by atoms with E-state index in [0.717, 1.165) is 50.3 Å². The number of ether oxygens (including phenoxy) is 1. The van der Waals surface area contributed by atoms with Crippen molar-refractivity contribution in [2.75, 3.05) is 37.4 Å². The minimum absolute atomic E-state index is 0.0295. The molecule has 0 bridgehead atoms. The van der Waals surface area contributed by atoms with Crippen LogP contribution in [0.1, 0.15) is 42.0 Å². The van der Waals surface area contributed by atoms with Gasteiger partial charge in [0.1, 0.15) is 12.1 Å². The first kappa shape index (κ1) is 20.2. The summed E-state index contributed by atoms with van der Waals surface area (Å²) >= 11 is 0. The van der Waals surface area contributed by atoms with Crippen molar-refractivity contribution in [1.29, 1.82) is 10.8 Å². The quantitative estimate of drug-likeness (QED) is 0.503. The molecule has 8 nitrogen and oxygen atoms in total. The van der Waals surface area contributed by atoms with E-state index in [0.29, 0.717) is 16.9 Å². The van der Waals surface area contributed by atoms with Crippen LogP contribution in [0.2, 0.25) is 0 Å². The number of anilines is 2. The van der Waals surface area contributed by atoms with Gasteiger partial charge in [0.25, 0.3) is 0 Å². The number of nitrogens with one attached hydrogen (secondary N) is 2. The highest BCUT2D eigenvalue weighted by Gasteiger charge is 2.42. The summed E-state index contributed by atoms with van der Waals surface area (Å²) in [7, 11) is 1.68. The molecular formula is C22H27N7O. The van der Waals surface area contributed by atoms with Gasteiger partial charge in [0, 0.05) is 56.3 Å². The molecule has 30 heavy (non-hydrogen) atoms. The molecule has 0 saturated carbocycles. The Morgan fingerprint density at radius 2 is 2.17 bits per heavy atom. The average Bonchev–Trinajstić information content (AvgIpc) is 2.76. The van der Waals surface area contributed by atoms with Gasteiger partial charge in [-0.1, -0.05) is 6.07 Å². The first-order valence-electron chi connectivity index (χ1n) is 10.2. The van der Waals surface area contributed by atoms with Crippen molar-refractivity contribution >= 4 is 29.6 Å². The molecule has 2 fully saturated rings. The van der Waals surface area contributed by atoms with Gasteiger partial charge in [0.15, 0.2) is 0 Å². The summed E-state index contributed by atoms with van der Waals surface area (Å²) in [5.41, 5.74) is 8.86. The number of aromatic nitrogens is 2. The first-order chi connectivity index (χ1) is 14.5. The van der Waals surface area contributed by atoms with Crippen LogP contribution in [0, 0.1) is 10.8 Å². The molecule has 2 atom stereocenters. The van der Waals surface area contributed by atoms with E-state index < -0.39 is 0 Å². The summed E-state index contributed by atoms with van der Waals surface area (Å²) in [6.07, 6.45) is 7.78. The lowest BCUT2D eigenvalue weighted by molar-refractivity contribution is -0.151. The maximum atomic E-state index is 8.74. The third-order valence-corrected chi connectivity index (χ3v) is 5.96. The molecule has 156 valence electrons. The van der Waals surface area contributed by atoms with E-state index in [1.54, 1.807) is 19.3 Å². The fraction of sp³-hybridized carbons (Fsp3) is 0.409. The van der Waals surface area contributed by atoms with Crippen LogP contribution in [0.5, 0.6) is 0 Å². The standard InChI is InChI=1S/C22H27N7O/c1-26-12-16(11-23)15-3-4-18(24)17(9-15)21(25)19-10-20(28-14-27-19)29-7-2-5-22(13-29)6-8-30-22/h3-4,9-12,14,16,23,25H,2,5-8,13,24H2,1H3. The predicted molar refractivity (Wildman–Crippen MR) is 120 cm³/mol. The van der Waals surface area contributed by atoms with Crippen molar-refractivity contribution in [1.82, 2.24) is 9.97 Å². The maximum Gasteiger partial charge on any atom is 0.132 e. The van der Waals surface area contributed by atoms with Crippen LogP contribution in [0.15, 0.2) is 35.6 Å². The molecule has 2 aliphatic heterocycles. The number of nitrogens with two attached hydrogens (primary N) is 1. The summed E-state index contributed by atoms with van der Waals surface area (Å²) < 4.78 is 5.87. The average molecular weight is 406 g/mol. The van der Waals surface area contributed by atoms with E-state index in [9.17, 15) is 0 Å². The summed E-state index contributed by atoms with van der Waals surface area (Å²) in [5.74, 6) is 0.555. The van der Waals surface area contributed by atoms with Crippen molar-refractivity contribution in [3.05, 3.63) is 47.4 Å². The number of benzene rings is 1. The largest absolute Gasteiger partial charge is 0.398 e. The fourth-order valence-corrected chi connectivity index (χ4v) is 4.18. The minimum Gasteiger partial charge on any atom is -0.398 e. The van der Waals surface area contributed by atoms with Gasteiger partial charge in [-0.25, -0.2) is 9.97 Å². The van der Waals surface area contributed by atoms with E-state index in [4.69, 9.17) is 21.3 Å². The third kappa shape index (κ3) is 3.82. The van der Waals surface area contributed by atoms with Crippen LogP contribution < -0.4 is 10.6 Å². The summed E-state index contributed by atoms with van der Waals surface area (Å²) in [6, 6.07) is 7.33. The molecule has 3 heterocycles. The molecule has 2 aliphatic rings. The zero-order valence-electron chi connectivity index (χ0n) is 17.1. The van der Waals surface area contributed by atoms with Crippen LogP contribution in [-0.4, -0.2) is 60.5 Å². The monoisotopic (exact) mass is 405 g/mol. The van der Waals surface area contributed by atoms with Crippen molar-refractivity contribution in [3.63, 3.8) is 0 Å². The third-order valence-electron chi connectivity index (χ3n) is 5.96. The molecule has 0 aliphatic carbocycles. The summed E-state index contributed by atoms with van der Waals surface area (Å²) in [5, 5.41) is 16.4. The first-order valence-corrected chi connectivity index (χ1v) is 10.2. The Labute approximate surface area is 176 Å². The van der Waals surface area contributed by atoms with E-state index in [1.807, 2.05) is 18.2 Å². The Morgan fingerprint density at radius 3 is 2.87 bits per heavy atom. The zero-order chi connectivity index (χ0) is 21.1. The number of piperidine rings is 1. The lowest BCUT2D eigenvalue weighted by atomic mass is 9.86. The molecule has 8 heteroatoms. The van der Waals surface area contributed by atoms with Crippen LogP contribution in [0.3, 0.4) is 0 Å². The van der Waals surface area contributed by atoms with Crippen molar-refractivity contribution in [2.45, 2.75) is 30.8 Å². The van der Waals surface area contributed by atoms with Gasteiger partial charge in [-0.05, 0) is 30.5 Å². The fourth-order valence-electron chi connectivity index (χ4n) is 4.18. The Balaban J connectivity index is 1.61. The smallest absolute Gasteiger partial charge is 0.132 e. The second-order valence-corrected chi connectivity index (χ2v) is 7.89. The zero-order valence-corrected chi connectivity index (χ0v) is 17.1. The summed E-state index contributed by atoms with van der Waals surface area (Å²) in [4.78, 5) is 15.0. The van der Waals surface area contributed by atoms with Gasteiger partial charge < -0.3 is 20.8 Å². The molecule has 0 radical (unpaired) electrons. The second kappa shape index (κ2) is 8.31. The van der Waals surface area contributed by atoms with Gasteiger partial charge in [-0.15, -0.1) is 0 Å². The normalized spacial score (nSPS) is 22.1. The number of rotatable bonds is 6. The van der Waals surface area contributed by atoms with E-state index in [1.165, 1.54) is 12.5 Å².